The fourth-order valence-electron chi connectivity index (χ4n) is 2.02. The van der Waals surface area contributed by atoms with Crippen molar-refractivity contribution >= 4 is 9.84 Å². The molecule has 1 N–H and O–H groups in total. The summed E-state index contributed by atoms with van der Waals surface area (Å²) in [6, 6.07) is 2.48. The molecule has 1 unspecified atom stereocenters. The summed E-state index contributed by atoms with van der Waals surface area (Å²) in [5.41, 5.74) is -0.409. The molecule has 126 valence electrons. The van der Waals surface area contributed by atoms with Gasteiger partial charge in [-0.2, -0.15) is 4.98 Å². The van der Waals surface area contributed by atoms with Crippen molar-refractivity contribution in [2.75, 3.05) is 5.75 Å². The molecule has 1 aromatic heterocycles. The van der Waals surface area contributed by atoms with Gasteiger partial charge >= 0.3 is 0 Å². The first-order valence-electron chi connectivity index (χ1n) is 6.95. The lowest BCUT2D eigenvalue weighted by Crippen LogP contribution is -2.18. The van der Waals surface area contributed by atoms with Crippen molar-refractivity contribution in [3.63, 3.8) is 0 Å². The van der Waals surface area contributed by atoms with Crippen LogP contribution in [0, 0.1) is 11.6 Å². The van der Waals surface area contributed by atoms with Gasteiger partial charge in [0, 0.05) is 12.0 Å². The van der Waals surface area contributed by atoms with E-state index < -0.39 is 44.6 Å². The van der Waals surface area contributed by atoms with E-state index in [1.165, 1.54) is 0 Å². The molecule has 0 radical (unpaired) electrons. The van der Waals surface area contributed by atoms with Crippen LogP contribution in [0.2, 0.25) is 0 Å². The molecule has 0 fully saturated rings. The summed E-state index contributed by atoms with van der Waals surface area (Å²) >= 11 is 0. The van der Waals surface area contributed by atoms with Gasteiger partial charge in [-0.1, -0.05) is 12.1 Å². The van der Waals surface area contributed by atoms with Gasteiger partial charge in [0.05, 0.1) is 11.9 Å². The van der Waals surface area contributed by atoms with Crippen molar-refractivity contribution in [2.24, 2.45) is 0 Å². The van der Waals surface area contributed by atoms with Crippen LogP contribution >= 0.6 is 0 Å². The van der Waals surface area contributed by atoms with Crippen LogP contribution in [0.5, 0.6) is 0 Å². The number of halogens is 2. The molecule has 0 aliphatic heterocycles. The SMILES string of the molecule is CCCc1nc(CS(=O)(=O)CC(O)c2cc(F)ccc2F)no1. The summed E-state index contributed by atoms with van der Waals surface area (Å²) in [6.07, 6.45) is -0.381. The van der Waals surface area contributed by atoms with E-state index in [1.807, 2.05) is 6.92 Å². The number of aliphatic hydroxyl groups is 1. The van der Waals surface area contributed by atoms with Crippen molar-refractivity contribution < 1.29 is 26.8 Å². The van der Waals surface area contributed by atoms with Crippen LogP contribution in [0.4, 0.5) is 8.78 Å². The van der Waals surface area contributed by atoms with Crippen molar-refractivity contribution in [1.82, 2.24) is 10.1 Å². The number of sulfone groups is 1. The molecular formula is C14H16F2N2O4S. The third kappa shape index (κ3) is 4.80. The number of hydrogen-bond donors (Lipinski definition) is 1. The Morgan fingerprint density at radius 1 is 1.35 bits per heavy atom. The van der Waals surface area contributed by atoms with E-state index in [0.717, 1.165) is 24.6 Å². The van der Waals surface area contributed by atoms with Crippen LogP contribution in [0.15, 0.2) is 22.7 Å². The topological polar surface area (TPSA) is 93.3 Å². The highest BCUT2D eigenvalue weighted by molar-refractivity contribution is 7.90. The number of aryl methyl sites for hydroxylation is 1. The maximum atomic E-state index is 13.5. The number of rotatable bonds is 7. The Morgan fingerprint density at radius 2 is 2.09 bits per heavy atom. The Bertz CT molecular complexity index is 777. The van der Waals surface area contributed by atoms with Crippen molar-refractivity contribution in [1.29, 1.82) is 0 Å². The highest BCUT2D eigenvalue weighted by atomic mass is 32.2. The zero-order valence-corrected chi connectivity index (χ0v) is 13.2. The second kappa shape index (κ2) is 7.14. The quantitative estimate of drug-likeness (QED) is 0.824. The molecule has 0 aliphatic rings. The summed E-state index contributed by atoms with van der Waals surface area (Å²) in [5, 5.41) is 13.4. The van der Waals surface area contributed by atoms with Gasteiger partial charge in [0.15, 0.2) is 15.7 Å². The van der Waals surface area contributed by atoms with Crippen molar-refractivity contribution in [2.45, 2.75) is 31.6 Å². The van der Waals surface area contributed by atoms with Gasteiger partial charge in [-0.15, -0.1) is 0 Å². The molecule has 1 atom stereocenters. The van der Waals surface area contributed by atoms with Crippen LogP contribution in [0.25, 0.3) is 0 Å². The Morgan fingerprint density at radius 3 is 2.78 bits per heavy atom. The second-order valence-corrected chi connectivity index (χ2v) is 7.20. The van der Waals surface area contributed by atoms with Crippen LogP contribution in [-0.4, -0.2) is 29.4 Å². The molecule has 23 heavy (non-hydrogen) atoms. The molecule has 0 amide bonds. The Hall–Kier alpha value is -1.87. The smallest absolute Gasteiger partial charge is 0.226 e. The minimum Gasteiger partial charge on any atom is -0.387 e. The number of aromatic nitrogens is 2. The van der Waals surface area contributed by atoms with Crippen molar-refractivity contribution in [3.05, 3.63) is 47.1 Å². The van der Waals surface area contributed by atoms with Gasteiger partial charge in [0.25, 0.3) is 0 Å². The maximum Gasteiger partial charge on any atom is 0.226 e. The molecule has 2 aromatic rings. The number of aliphatic hydroxyl groups excluding tert-OH is 1. The predicted molar refractivity (Wildman–Crippen MR) is 77.1 cm³/mol. The molecule has 2 rings (SSSR count). The van der Waals surface area contributed by atoms with E-state index in [-0.39, 0.29) is 5.82 Å². The number of nitrogens with zero attached hydrogens (tertiary/aromatic N) is 2. The molecule has 0 aliphatic carbocycles. The molecule has 0 saturated heterocycles. The lowest BCUT2D eigenvalue weighted by molar-refractivity contribution is 0.196. The highest BCUT2D eigenvalue weighted by Crippen LogP contribution is 2.21. The number of hydrogen-bond acceptors (Lipinski definition) is 6. The fraction of sp³-hybridized carbons (Fsp3) is 0.429. The molecule has 6 nitrogen and oxygen atoms in total. The molecule has 0 saturated carbocycles. The van der Waals surface area contributed by atoms with Crippen LogP contribution in [0.1, 0.15) is 36.7 Å². The summed E-state index contributed by atoms with van der Waals surface area (Å²) < 4.78 is 55.6. The third-order valence-electron chi connectivity index (χ3n) is 3.05. The van der Waals surface area contributed by atoms with Gasteiger partial charge in [-0.05, 0) is 24.6 Å². The largest absolute Gasteiger partial charge is 0.387 e. The summed E-state index contributed by atoms with van der Waals surface area (Å²) in [6.45, 7) is 1.91. The Kier molecular flexibility index (Phi) is 5.42. The van der Waals surface area contributed by atoms with Crippen LogP contribution in [0.3, 0.4) is 0 Å². The first kappa shape index (κ1) is 17.5. The zero-order chi connectivity index (χ0) is 17.0. The highest BCUT2D eigenvalue weighted by Gasteiger charge is 2.24. The van der Waals surface area contributed by atoms with Gasteiger partial charge in [-0.25, -0.2) is 17.2 Å². The van der Waals surface area contributed by atoms with Crippen LogP contribution in [-0.2, 0) is 22.0 Å². The normalized spacial score (nSPS) is 13.2. The minimum atomic E-state index is -3.84. The second-order valence-electron chi connectivity index (χ2n) is 5.09. The first-order valence-corrected chi connectivity index (χ1v) is 8.77. The first-order chi connectivity index (χ1) is 10.8. The van der Waals surface area contributed by atoms with Gasteiger partial charge in [0.1, 0.15) is 17.4 Å². The lowest BCUT2D eigenvalue weighted by atomic mass is 10.1. The van der Waals surface area contributed by atoms with Gasteiger partial charge < -0.3 is 9.63 Å². The predicted octanol–water partition coefficient (Wildman–Crippen LogP) is 1.95. The molecule has 0 bridgehead atoms. The molecule has 9 heteroatoms. The summed E-state index contributed by atoms with van der Waals surface area (Å²) in [4.78, 5) is 3.92. The minimum absolute atomic E-state index is 0.0274. The van der Waals surface area contributed by atoms with E-state index in [9.17, 15) is 22.3 Å². The van der Waals surface area contributed by atoms with Gasteiger partial charge in [0.2, 0.25) is 5.89 Å². The zero-order valence-electron chi connectivity index (χ0n) is 12.4. The maximum absolute atomic E-state index is 13.5. The van der Waals surface area contributed by atoms with E-state index >= 15 is 0 Å². The van der Waals surface area contributed by atoms with E-state index in [2.05, 4.69) is 10.1 Å². The standard InChI is InChI=1S/C14H16F2N2O4S/c1-2-3-14-17-13(18-22-14)8-23(20,21)7-12(19)10-6-9(15)4-5-11(10)16/h4-6,12,19H,2-3,7-8H2,1H3. The summed E-state index contributed by atoms with van der Waals surface area (Å²) in [7, 11) is -3.84. The van der Waals surface area contributed by atoms with Gasteiger partial charge in [-0.3, -0.25) is 0 Å². The van der Waals surface area contributed by atoms with Crippen molar-refractivity contribution in [3.8, 4) is 0 Å². The Balaban J connectivity index is 2.09. The van der Waals surface area contributed by atoms with E-state index in [0.29, 0.717) is 12.3 Å². The molecule has 1 aromatic carbocycles. The monoisotopic (exact) mass is 346 g/mol. The van der Waals surface area contributed by atoms with E-state index in [1.54, 1.807) is 0 Å². The fourth-order valence-corrected chi connectivity index (χ4v) is 3.31. The average molecular weight is 346 g/mol. The number of benzene rings is 1. The lowest BCUT2D eigenvalue weighted by Gasteiger charge is -2.11. The third-order valence-corrected chi connectivity index (χ3v) is 4.57. The van der Waals surface area contributed by atoms with Crippen LogP contribution < -0.4 is 0 Å². The Labute approximate surface area is 132 Å². The summed E-state index contributed by atoms with van der Waals surface area (Å²) in [5.74, 6) is -2.66. The average Bonchev–Trinajstić information content (AvgIpc) is 2.87. The molecular weight excluding hydrogens is 330 g/mol. The van der Waals surface area contributed by atoms with E-state index in [4.69, 9.17) is 4.52 Å². The molecule has 0 spiro atoms. The molecule has 1 heterocycles.